The summed E-state index contributed by atoms with van der Waals surface area (Å²) >= 11 is 1.32. The summed E-state index contributed by atoms with van der Waals surface area (Å²) in [5, 5.41) is 3.63. The molecule has 0 unspecified atom stereocenters. The highest BCUT2D eigenvalue weighted by atomic mass is 32.1. The van der Waals surface area contributed by atoms with Gasteiger partial charge in [0.2, 0.25) is 0 Å². The Morgan fingerprint density at radius 3 is 2.57 bits per heavy atom. The van der Waals surface area contributed by atoms with E-state index >= 15 is 0 Å². The number of unbranched alkanes of at least 4 members (excludes halogenated alkanes) is 3. The van der Waals surface area contributed by atoms with Crippen molar-refractivity contribution in [2.24, 2.45) is 0 Å². The number of benzene rings is 1. The monoisotopic (exact) mass is 406 g/mol. The number of methoxy groups -OCH3 is 3. The lowest BCUT2D eigenvalue weighted by Crippen LogP contribution is -2.23. The van der Waals surface area contributed by atoms with Crippen molar-refractivity contribution in [2.75, 3.05) is 27.9 Å². The van der Waals surface area contributed by atoms with Gasteiger partial charge in [0.15, 0.2) is 0 Å². The second kappa shape index (κ2) is 11.3. The molecular formula is C20H26N2O5S. The summed E-state index contributed by atoms with van der Waals surface area (Å²) in [6.07, 6.45) is 5.59. The quantitative estimate of drug-likeness (QED) is 0.452. The molecule has 7 nitrogen and oxygen atoms in total. The van der Waals surface area contributed by atoms with E-state index in [1.165, 1.54) is 18.4 Å². The lowest BCUT2D eigenvalue weighted by Gasteiger charge is -2.08. The van der Waals surface area contributed by atoms with Crippen LogP contribution in [-0.2, 0) is 9.53 Å². The largest absolute Gasteiger partial charge is 0.497 e. The van der Waals surface area contributed by atoms with Gasteiger partial charge in [0.05, 0.1) is 33.1 Å². The van der Waals surface area contributed by atoms with Gasteiger partial charge in [-0.3, -0.25) is 9.59 Å². The Kier molecular flexibility index (Phi) is 8.74. The van der Waals surface area contributed by atoms with Crippen LogP contribution in [0.25, 0.3) is 10.6 Å². The standard InChI is InChI=1S/C20H26N2O5S/c1-25-14-9-10-15(16(12-14)26-2)20-22-13-17(28-20)19(24)21-11-7-5-4-6-8-18(23)27-3/h9-10,12-13H,4-8,11H2,1-3H3,(H,21,24). The van der Waals surface area contributed by atoms with Crippen LogP contribution in [-0.4, -0.2) is 44.7 Å². The number of thiazole rings is 1. The first-order chi connectivity index (χ1) is 13.6. The molecule has 0 aliphatic carbocycles. The number of carbonyl (C=O) groups is 2. The topological polar surface area (TPSA) is 86.8 Å². The Morgan fingerprint density at radius 2 is 1.86 bits per heavy atom. The van der Waals surface area contributed by atoms with Crippen LogP contribution in [0.2, 0.25) is 0 Å². The van der Waals surface area contributed by atoms with Crippen LogP contribution >= 0.6 is 11.3 Å². The van der Waals surface area contributed by atoms with E-state index in [1.807, 2.05) is 12.1 Å². The molecule has 152 valence electrons. The van der Waals surface area contributed by atoms with Gasteiger partial charge in [0.25, 0.3) is 5.91 Å². The van der Waals surface area contributed by atoms with E-state index in [0.29, 0.717) is 34.3 Å². The van der Waals surface area contributed by atoms with E-state index in [4.69, 9.17) is 9.47 Å². The summed E-state index contributed by atoms with van der Waals surface area (Å²) in [5.74, 6) is 1.03. The van der Waals surface area contributed by atoms with E-state index in [9.17, 15) is 9.59 Å². The summed E-state index contributed by atoms with van der Waals surface area (Å²) in [4.78, 5) is 28.2. The maximum absolute atomic E-state index is 12.3. The van der Waals surface area contributed by atoms with Crippen LogP contribution in [0.1, 0.15) is 41.8 Å². The SMILES string of the molecule is COC(=O)CCCCCCNC(=O)c1cnc(-c2ccc(OC)cc2OC)s1. The number of nitrogens with zero attached hydrogens (tertiary/aromatic N) is 1. The predicted molar refractivity (Wildman–Crippen MR) is 108 cm³/mol. The van der Waals surface area contributed by atoms with Gasteiger partial charge < -0.3 is 19.5 Å². The maximum Gasteiger partial charge on any atom is 0.305 e. The minimum atomic E-state index is -0.178. The molecule has 1 aromatic carbocycles. The molecule has 0 atom stereocenters. The van der Waals surface area contributed by atoms with Crippen molar-refractivity contribution >= 4 is 23.2 Å². The first-order valence-corrected chi connectivity index (χ1v) is 9.94. The molecule has 0 saturated heterocycles. The van der Waals surface area contributed by atoms with Crippen molar-refractivity contribution in [3.63, 3.8) is 0 Å². The lowest BCUT2D eigenvalue weighted by molar-refractivity contribution is -0.140. The lowest BCUT2D eigenvalue weighted by atomic mass is 10.1. The van der Waals surface area contributed by atoms with Crippen molar-refractivity contribution in [1.82, 2.24) is 10.3 Å². The summed E-state index contributed by atoms with van der Waals surface area (Å²) in [7, 11) is 4.58. The summed E-state index contributed by atoms with van der Waals surface area (Å²) in [5.41, 5.74) is 0.818. The second-order valence-corrected chi connectivity index (χ2v) is 7.12. The molecule has 1 heterocycles. The van der Waals surface area contributed by atoms with Gasteiger partial charge in [-0.15, -0.1) is 11.3 Å². The number of nitrogens with one attached hydrogen (secondary N) is 1. The zero-order valence-electron chi connectivity index (χ0n) is 16.4. The van der Waals surface area contributed by atoms with Gasteiger partial charge in [0, 0.05) is 19.0 Å². The highest BCUT2D eigenvalue weighted by Crippen LogP contribution is 2.35. The molecule has 2 aromatic rings. The maximum atomic E-state index is 12.3. The molecule has 0 spiro atoms. The van der Waals surface area contributed by atoms with Gasteiger partial charge in [-0.2, -0.15) is 0 Å². The van der Waals surface area contributed by atoms with Crippen molar-refractivity contribution in [3.05, 3.63) is 29.3 Å². The molecule has 28 heavy (non-hydrogen) atoms. The molecule has 0 aliphatic rings. The number of aromatic nitrogens is 1. The first kappa shape index (κ1) is 21.7. The number of rotatable bonds is 11. The number of ether oxygens (including phenoxy) is 3. The van der Waals surface area contributed by atoms with Crippen LogP contribution in [0.5, 0.6) is 11.5 Å². The number of amides is 1. The summed E-state index contributed by atoms with van der Waals surface area (Å²) < 4.78 is 15.2. The molecule has 0 saturated carbocycles. The van der Waals surface area contributed by atoms with Gasteiger partial charge in [-0.05, 0) is 25.0 Å². The molecule has 0 aliphatic heterocycles. The number of esters is 1. The molecule has 1 aromatic heterocycles. The third-order valence-corrected chi connectivity index (χ3v) is 5.22. The number of hydrogen-bond acceptors (Lipinski definition) is 7. The molecule has 1 N–H and O–H groups in total. The van der Waals surface area contributed by atoms with E-state index in [0.717, 1.165) is 31.2 Å². The fourth-order valence-electron chi connectivity index (χ4n) is 2.62. The molecule has 0 fully saturated rings. The Hall–Kier alpha value is -2.61. The normalized spacial score (nSPS) is 10.4. The smallest absolute Gasteiger partial charge is 0.305 e. The van der Waals surface area contributed by atoms with Gasteiger partial charge in [-0.25, -0.2) is 4.98 Å². The number of hydrogen-bond donors (Lipinski definition) is 1. The molecular weight excluding hydrogens is 380 g/mol. The molecule has 8 heteroatoms. The van der Waals surface area contributed by atoms with E-state index in [1.54, 1.807) is 26.5 Å². The van der Waals surface area contributed by atoms with Crippen LogP contribution in [0.3, 0.4) is 0 Å². The third kappa shape index (κ3) is 6.23. The zero-order valence-corrected chi connectivity index (χ0v) is 17.3. The van der Waals surface area contributed by atoms with Crippen LogP contribution in [0.15, 0.2) is 24.4 Å². The van der Waals surface area contributed by atoms with Crippen molar-refractivity contribution < 1.29 is 23.8 Å². The Labute approximate surface area is 169 Å². The average molecular weight is 407 g/mol. The number of carbonyl (C=O) groups excluding carboxylic acids is 2. The average Bonchev–Trinajstić information content (AvgIpc) is 3.22. The van der Waals surface area contributed by atoms with E-state index in [-0.39, 0.29) is 11.9 Å². The molecule has 0 bridgehead atoms. The molecule has 0 radical (unpaired) electrons. The predicted octanol–water partition coefficient (Wildman–Crippen LogP) is 3.68. The Balaban J connectivity index is 1.82. The van der Waals surface area contributed by atoms with Crippen LogP contribution in [0, 0.1) is 0 Å². The van der Waals surface area contributed by atoms with Gasteiger partial charge in [-0.1, -0.05) is 12.8 Å². The van der Waals surface area contributed by atoms with Gasteiger partial charge >= 0.3 is 5.97 Å². The Morgan fingerprint density at radius 1 is 1.07 bits per heavy atom. The molecule has 2 rings (SSSR count). The van der Waals surface area contributed by atoms with Crippen molar-refractivity contribution in [1.29, 1.82) is 0 Å². The van der Waals surface area contributed by atoms with E-state index in [2.05, 4.69) is 15.0 Å². The summed E-state index contributed by atoms with van der Waals surface area (Å²) in [6, 6.07) is 5.49. The highest BCUT2D eigenvalue weighted by Gasteiger charge is 2.15. The van der Waals surface area contributed by atoms with Crippen molar-refractivity contribution in [3.8, 4) is 22.1 Å². The Bertz CT molecular complexity index is 791. The van der Waals surface area contributed by atoms with E-state index < -0.39 is 0 Å². The molecule has 1 amide bonds. The van der Waals surface area contributed by atoms with Crippen molar-refractivity contribution in [2.45, 2.75) is 32.1 Å². The van der Waals surface area contributed by atoms with Gasteiger partial charge in [0.1, 0.15) is 21.4 Å². The van der Waals surface area contributed by atoms with Crippen LogP contribution < -0.4 is 14.8 Å². The highest BCUT2D eigenvalue weighted by molar-refractivity contribution is 7.16. The minimum Gasteiger partial charge on any atom is -0.497 e. The zero-order chi connectivity index (χ0) is 20.4. The first-order valence-electron chi connectivity index (χ1n) is 9.12. The fourth-order valence-corrected chi connectivity index (χ4v) is 3.48. The third-order valence-electron chi connectivity index (χ3n) is 4.19. The second-order valence-electron chi connectivity index (χ2n) is 6.09. The summed E-state index contributed by atoms with van der Waals surface area (Å²) in [6.45, 7) is 0.593. The minimum absolute atomic E-state index is 0.134. The fraction of sp³-hybridized carbons (Fsp3) is 0.450. The van der Waals surface area contributed by atoms with Crippen LogP contribution in [0.4, 0.5) is 0 Å².